The first-order valence-corrected chi connectivity index (χ1v) is 23.9. The van der Waals surface area contributed by atoms with Crippen molar-refractivity contribution in [1.82, 2.24) is 19.1 Å². The number of carbonyl (C=O) groups is 3. The van der Waals surface area contributed by atoms with Crippen LogP contribution in [0, 0.1) is 17.2 Å². The predicted molar refractivity (Wildman–Crippen MR) is 252 cm³/mol. The van der Waals surface area contributed by atoms with Gasteiger partial charge in [-0.3, -0.25) is 56.6 Å². The number of amides is 1. The number of phosphoric acid groups is 1. The summed E-state index contributed by atoms with van der Waals surface area (Å²) in [5, 5.41) is 9.50. The van der Waals surface area contributed by atoms with Crippen molar-refractivity contribution in [3.05, 3.63) is 162 Å². The Bertz CT molecular complexity index is 3030. The van der Waals surface area contributed by atoms with E-state index in [0.29, 0.717) is 28.2 Å². The van der Waals surface area contributed by atoms with Gasteiger partial charge in [-0.15, -0.1) is 0 Å². The van der Waals surface area contributed by atoms with Gasteiger partial charge >= 0.3 is 31.1 Å². The molecule has 3 aromatic carbocycles. The van der Waals surface area contributed by atoms with Crippen molar-refractivity contribution in [2.75, 3.05) is 34.0 Å². The lowest BCUT2D eigenvalue weighted by Gasteiger charge is -2.37. The molecule has 4 N–H and O–H groups in total. The predicted octanol–water partition coefficient (Wildman–Crippen LogP) is 2.70. The molecule has 0 radical (unpaired) electrons. The summed E-state index contributed by atoms with van der Waals surface area (Å²) in [7, 11) is -2.10. The van der Waals surface area contributed by atoms with E-state index < -0.39 is 129 Å². The number of hydrogen-bond donors (Lipinski definition) is 3. The van der Waals surface area contributed by atoms with Gasteiger partial charge < -0.3 is 38.9 Å². The smallest absolute Gasteiger partial charge is 0.475 e. The van der Waals surface area contributed by atoms with E-state index in [1.165, 1.54) is 14.2 Å². The topological polar surface area (TPSA) is 320 Å². The Morgan fingerprint density at radius 1 is 0.699 bits per heavy atom. The van der Waals surface area contributed by atoms with Gasteiger partial charge in [-0.1, -0.05) is 54.6 Å². The van der Waals surface area contributed by atoms with Crippen molar-refractivity contribution in [3.8, 4) is 17.6 Å². The number of ether oxygens (including phenoxy) is 7. The summed E-state index contributed by atoms with van der Waals surface area (Å²) < 4.78 is 76.9. The fourth-order valence-electron chi connectivity index (χ4n) is 8.67. The summed E-state index contributed by atoms with van der Waals surface area (Å²) in [6, 6.07) is 27.1. The SMILES string of the molecule is COc1ccc(C(OC[C@H]2O[C@@H](n3ccc(=O)[nH]c3=O)[C@H](CC(N)=O)[C@@H]2OP(=O)(OCCC#N)OC[C@H]2O[C@@H](n3ccc(=O)[nH]c3=O)[C@H](OC(C)=O)[C@@H]2OC(C)=O)(c2ccccc2)c2ccc(OC)cc2)cc1. The molecule has 7 rings (SSSR count). The largest absolute Gasteiger partial charge is 0.497 e. The summed E-state index contributed by atoms with van der Waals surface area (Å²) in [5.41, 5.74) is 2.66. The Kier molecular flexibility index (Phi) is 17.1. The molecular weight excluding hydrogens is 980 g/mol. The van der Waals surface area contributed by atoms with Crippen molar-refractivity contribution >= 4 is 25.7 Å². The van der Waals surface area contributed by atoms with E-state index in [2.05, 4.69) is 9.97 Å². The van der Waals surface area contributed by atoms with Gasteiger partial charge in [-0.05, 0) is 41.0 Å². The number of nitrogens with zero attached hydrogens (tertiary/aromatic N) is 3. The summed E-state index contributed by atoms with van der Waals surface area (Å²) in [6.45, 7) is 0.174. The van der Waals surface area contributed by atoms with Crippen molar-refractivity contribution < 1.29 is 65.7 Å². The fourth-order valence-corrected chi connectivity index (χ4v) is 10.1. The number of carbonyl (C=O) groups excluding carboxylic acids is 3. The van der Waals surface area contributed by atoms with Gasteiger partial charge in [0.15, 0.2) is 18.4 Å². The van der Waals surface area contributed by atoms with E-state index in [0.717, 1.165) is 47.5 Å². The minimum atomic E-state index is -5.14. The highest BCUT2D eigenvalue weighted by Gasteiger charge is 2.54. The average molecular weight is 1030 g/mol. The molecule has 1 amide bonds. The molecule has 73 heavy (non-hydrogen) atoms. The number of nitrogens with one attached hydrogen (secondary N) is 2. The van der Waals surface area contributed by atoms with Crippen LogP contribution in [0.4, 0.5) is 0 Å². The van der Waals surface area contributed by atoms with Crippen LogP contribution in [-0.2, 0) is 61.8 Å². The lowest BCUT2D eigenvalue weighted by atomic mass is 9.80. The van der Waals surface area contributed by atoms with Crippen molar-refractivity contribution in [3.63, 3.8) is 0 Å². The number of nitriles is 1. The number of aromatic amines is 2. The summed E-state index contributed by atoms with van der Waals surface area (Å²) in [4.78, 5) is 92.9. The zero-order chi connectivity index (χ0) is 52.5. The first kappa shape index (κ1) is 53.3. The Hall–Kier alpha value is -7.49. The average Bonchev–Trinajstić information content (AvgIpc) is 3.85. The minimum Gasteiger partial charge on any atom is -0.497 e. The second kappa shape index (κ2) is 23.4. The molecule has 0 saturated carbocycles. The minimum absolute atomic E-state index is 0.352. The number of phosphoric ester groups is 1. The molecule has 2 saturated heterocycles. The third kappa shape index (κ3) is 12.2. The number of methoxy groups -OCH3 is 2. The molecule has 24 nitrogen and oxygen atoms in total. The normalized spacial score (nSPS) is 22.4. The van der Waals surface area contributed by atoms with Gasteiger partial charge in [0.25, 0.3) is 11.1 Å². The number of H-pyrrole nitrogens is 2. The van der Waals surface area contributed by atoms with Crippen molar-refractivity contribution in [1.29, 1.82) is 5.26 Å². The third-order valence-corrected chi connectivity index (χ3v) is 13.3. The van der Waals surface area contributed by atoms with E-state index in [9.17, 15) is 38.8 Å². The highest BCUT2D eigenvalue weighted by atomic mass is 31.2. The second-order valence-corrected chi connectivity index (χ2v) is 18.1. The van der Waals surface area contributed by atoms with Gasteiger partial charge in [0, 0.05) is 50.7 Å². The van der Waals surface area contributed by atoms with Crippen LogP contribution >= 0.6 is 7.82 Å². The molecular formula is C48H51N6O18P. The summed E-state index contributed by atoms with van der Waals surface area (Å²) in [5.74, 6) is -2.96. The molecule has 2 fully saturated rings. The van der Waals surface area contributed by atoms with Crippen molar-refractivity contribution in [2.45, 2.75) is 75.3 Å². The molecule has 1 unspecified atom stereocenters. The molecule has 5 aromatic rings. The maximum absolute atomic E-state index is 15.3. The van der Waals surface area contributed by atoms with Gasteiger partial charge in [-0.2, -0.15) is 5.26 Å². The first-order chi connectivity index (χ1) is 35.0. The molecule has 2 aliphatic heterocycles. The lowest BCUT2D eigenvalue weighted by Crippen LogP contribution is -2.42. The molecule has 0 aliphatic carbocycles. The highest BCUT2D eigenvalue weighted by molar-refractivity contribution is 7.48. The Morgan fingerprint density at radius 2 is 1.21 bits per heavy atom. The van der Waals surface area contributed by atoms with Crippen LogP contribution < -0.4 is 37.7 Å². The summed E-state index contributed by atoms with van der Waals surface area (Å²) in [6.07, 6.45) is -9.51. The van der Waals surface area contributed by atoms with Crippen LogP contribution in [0.5, 0.6) is 11.5 Å². The quantitative estimate of drug-likeness (QED) is 0.0388. The maximum atomic E-state index is 15.3. The van der Waals surface area contributed by atoms with E-state index in [1.807, 2.05) is 36.4 Å². The molecule has 9 atom stereocenters. The van der Waals surface area contributed by atoms with Crippen LogP contribution in [-0.4, -0.2) is 102 Å². The van der Waals surface area contributed by atoms with E-state index in [-0.39, 0.29) is 6.42 Å². The lowest BCUT2D eigenvalue weighted by molar-refractivity contribution is -0.165. The molecule has 4 heterocycles. The van der Waals surface area contributed by atoms with Crippen molar-refractivity contribution in [2.24, 2.45) is 11.7 Å². The van der Waals surface area contributed by atoms with Gasteiger partial charge in [0.2, 0.25) is 5.91 Å². The molecule has 2 aliphatic rings. The molecule has 386 valence electrons. The van der Waals surface area contributed by atoms with E-state index in [1.54, 1.807) is 48.5 Å². The second-order valence-electron chi connectivity index (χ2n) is 16.5. The van der Waals surface area contributed by atoms with E-state index >= 15 is 4.57 Å². The number of nitrogens with two attached hydrogens (primary N) is 1. The number of aromatic nitrogens is 4. The summed E-state index contributed by atoms with van der Waals surface area (Å²) >= 11 is 0. The maximum Gasteiger partial charge on any atom is 0.475 e. The monoisotopic (exact) mass is 1030 g/mol. The first-order valence-electron chi connectivity index (χ1n) is 22.5. The van der Waals surface area contributed by atoms with Gasteiger partial charge in [-0.25, -0.2) is 14.2 Å². The van der Waals surface area contributed by atoms with Crippen LogP contribution in [0.1, 0.15) is 55.8 Å². The highest BCUT2D eigenvalue weighted by Crippen LogP contribution is 2.56. The standard InChI is InChI=1S/C48H51N6O18P/c1-28(55)68-42-37(71-45(43(42)69-29(2)56)54-23-20-40(59)52-47(54)61)27-67-73(62,66-24-8-21-49)72-41-35(25-38(50)57)44(53-22-19-39(58)51-46(53)60)70-36(41)26-65-48(30-9-6-5-7-10-30,31-11-15-33(63-3)16-12-31)32-13-17-34(64-4)18-14-32/h5-7,9-20,22-23,35-37,41-45H,8,24-27H2,1-4H3,(H2,50,57)(H,51,58,60)(H,52,59,61)/t35-,36-,37-,41+,42-,43-,44-,45-,73?/m1/s1. The Morgan fingerprint density at radius 3 is 1.71 bits per heavy atom. The fraction of sp³-hybridized carbons (Fsp3) is 0.375. The Balaban J connectivity index is 1.32. The molecule has 0 spiro atoms. The molecule has 0 bridgehead atoms. The zero-order valence-electron chi connectivity index (χ0n) is 39.7. The number of primary amides is 1. The van der Waals surface area contributed by atoms with E-state index in [4.69, 9.17) is 52.5 Å². The number of benzene rings is 3. The Labute approximate surface area is 415 Å². The molecule has 2 aromatic heterocycles. The number of hydrogen-bond acceptors (Lipinski definition) is 19. The van der Waals surface area contributed by atoms with Crippen LogP contribution in [0.2, 0.25) is 0 Å². The van der Waals surface area contributed by atoms with Gasteiger partial charge in [0.1, 0.15) is 41.6 Å². The van der Waals surface area contributed by atoms with Gasteiger partial charge in [0.05, 0.1) is 46.5 Å². The third-order valence-electron chi connectivity index (χ3n) is 11.8. The van der Waals surface area contributed by atoms with Crippen LogP contribution in [0.3, 0.4) is 0 Å². The number of rotatable bonds is 22. The molecule has 25 heteroatoms. The van der Waals surface area contributed by atoms with Crippen LogP contribution in [0.25, 0.3) is 0 Å². The van der Waals surface area contributed by atoms with Crippen LogP contribution in [0.15, 0.2) is 123 Å². The zero-order valence-corrected chi connectivity index (χ0v) is 40.6. The number of esters is 2.